The van der Waals surface area contributed by atoms with Crippen LogP contribution in [0.4, 0.5) is 0 Å². The molecule has 0 amide bonds. The number of nitriles is 1. The summed E-state index contributed by atoms with van der Waals surface area (Å²) in [6, 6.07) is 8.03. The third-order valence-corrected chi connectivity index (χ3v) is 2.62. The number of benzene rings is 1. The molecule has 0 saturated heterocycles. The Morgan fingerprint density at radius 1 is 1.53 bits per heavy atom. The fourth-order valence-corrected chi connectivity index (χ4v) is 1.73. The van der Waals surface area contributed by atoms with Crippen LogP contribution < -0.4 is 0 Å². The van der Waals surface area contributed by atoms with Gasteiger partial charge >= 0.3 is 5.97 Å². The van der Waals surface area contributed by atoms with Gasteiger partial charge in [0.1, 0.15) is 6.07 Å². The topological polar surface area (TPSA) is 89.8 Å². The smallest absolute Gasteiger partial charge is 0.337 e. The van der Waals surface area contributed by atoms with Crippen molar-refractivity contribution in [1.29, 1.82) is 5.26 Å². The van der Waals surface area contributed by atoms with Gasteiger partial charge in [-0.1, -0.05) is 23.7 Å². The average Bonchev–Trinajstić information content (AvgIpc) is 2.77. The Kier molecular flexibility index (Phi) is 2.81. The molecule has 6 heteroatoms. The van der Waals surface area contributed by atoms with E-state index in [9.17, 15) is 4.79 Å². The Hall–Kier alpha value is -2.32. The number of aromatic carboxylic acids is 1. The minimum atomic E-state index is -1.10. The molecule has 0 unspecified atom stereocenters. The van der Waals surface area contributed by atoms with Gasteiger partial charge in [0.2, 0.25) is 0 Å². The molecule has 1 aromatic carbocycles. The molecule has 0 radical (unpaired) electrons. The van der Waals surface area contributed by atoms with Gasteiger partial charge in [-0.25, -0.2) is 4.79 Å². The van der Waals surface area contributed by atoms with Gasteiger partial charge in [-0.3, -0.25) is 5.10 Å². The maximum absolute atomic E-state index is 10.9. The molecule has 5 nitrogen and oxygen atoms in total. The number of hydrogen-bond acceptors (Lipinski definition) is 3. The van der Waals surface area contributed by atoms with Gasteiger partial charge in [0.25, 0.3) is 0 Å². The molecule has 2 aromatic rings. The number of halogens is 1. The maximum Gasteiger partial charge on any atom is 0.337 e. The maximum atomic E-state index is 10.9. The van der Waals surface area contributed by atoms with Crippen LogP contribution in [0.2, 0.25) is 5.02 Å². The zero-order valence-electron chi connectivity index (χ0n) is 8.44. The normalized spacial score (nSPS) is 9.88. The zero-order valence-corrected chi connectivity index (χ0v) is 9.19. The number of carbonyl (C=O) groups is 1. The molecule has 1 heterocycles. The number of rotatable bonds is 2. The number of carboxylic acid groups (broad SMARTS) is 1. The molecular weight excluding hydrogens is 242 g/mol. The summed E-state index contributed by atoms with van der Waals surface area (Å²) < 4.78 is 0. The van der Waals surface area contributed by atoms with Gasteiger partial charge in [-0.2, -0.15) is 10.4 Å². The number of carboxylic acids is 1. The lowest BCUT2D eigenvalue weighted by Gasteiger charge is -2.03. The third kappa shape index (κ3) is 1.98. The highest BCUT2D eigenvalue weighted by Crippen LogP contribution is 2.29. The molecule has 0 fully saturated rings. The predicted octanol–water partition coefficient (Wildman–Crippen LogP) is 2.30. The summed E-state index contributed by atoms with van der Waals surface area (Å²) in [5.74, 6) is -1.10. The van der Waals surface area contributed by atoms with Crippen molar-refractivity contribution >= 4 is 17.6 Å². The molecule has 2 N–H and O–H groups in total. The molecule has 0 bridgehead atoms. The van der Waals surface area contributed by atoms with Crippen LogP contribution in [0.15, 0.2) is 24.3 Å². The minimum absolute atomic E-state index is 0.0114. The zero-order chi connectivity index (χ0) is 12.4. The molecule has 0 atom stereocenters. The largest absolute Gasteiger partial charge is 0.478 e. The van der Waals surface area contributed by atoms with Gasteiger partial charge < -0.3 is 5.11 Å². The van der Waals surface area contributed by atoms with E-state index in [-0.39, 0.29) is 16.3 Å². The summed E-state index contributed by atoms with van der Waals surface area (Å²) in [6.45, 7) is 0. The van der Waals surface area contributed by atoms with E-state index < -0.39 is 5.97 Å². The van der Waals surface area contributed by atoms with Crippen molar-refractivity contribution in [2.24, 2.45) is 0 Å². The van der Waals surface area contributed by atoms with Crippen LogP contribution in [0.25, 0.3) is 11.3 Å². The first-order valence-corrected chi connectivity index (χ1v) is 4.99. The van der Waals surface area contributed by atoms with Crippen LogP contribution in [-0.4, -0.2) is 21.3 Å². The number of hydrogen-bond donors (Lipinski definition) is 2. The lowest BCUT2D eigenvalue weighted by molar-refractivity contribution is 0.0697. The summed E-state index contributed by atoms with van der Waals surface area (Å²) in [5, 5.41) is 24.1. The van der Waals surface area contributed by atoms with Crippen LogP contribution in [0.1, 0.15) is 16.1 Å². The van der Waals surface area contributed by atoms with Crippen molar-refractivity contribution in [2.75, 3.05) is 0 Å². The highest BCUT2D eigenvalue weighted by molar-refractivity contribution is 6.36. The molecule has 0 aliphatic carbocycles. The van der Waals surface area contributed by atoms with E-state index in [1.807, 2.05) is 6.07 Å². The van der Waals surface area contributed by atoms with E-state index in [0.717, 1.165) is 0 Å². The highest BCUT2D eigenvalue weighted by atomic mass is 35.5. The molecule has 0 spiro atoms. The van der Waals surface area contributed by atoms with Crippen molar-refractivity contribution in [2.45, 2.75) is 0 Å². The molecule has 1 aromatic heterocycles. The first kappa shape index (κ1) is 11.2. The Morgan fingerprint density at radius 3 is 2.88 bits per heavy atom. The van der Waals surface area contributed by atoms with Gasteiger partial charge in [0, 0.05) is 11.6 Å². The summed E-state index contributed by atoms with van der Waals surface area (Å²) in [6.07, 6.45) is 0. The quantitative estimate of drug-likeness (QED) is 0.852. The van der Waals surface area contributed by atoms with Crippen LogP contribution in [0, 0.1) is 11.3 Å². The van der Waals surface area contributed by atoms with Crippen LogP contribution in [0.5, 0.6) is 0 Å². The van der Waals surface area contributed by atoms with Crippen molar-refractivity contribution in [3.8, 4) is 17.3 Å². The standard InChI is InChI=1S/C11H6ClN3O2/c12-10-7(2-1-3-8(10)11(16)17)9-4-6(5-13)14-15-9/h1-4H,(H,14,15)(H,16,17). The highest BCUT2D eigenvalue weighted by Gasteiger charge is 2.14. The van der Waals surface area contributed by atoms with Crippen LogP contribution in [0.3, 0.4) is 0 Å². The first-order valence-electron chi connectivity index (χ1n) is 4.61. The lowest BCUT2D eigenvalue weighted by atomic mass is 10.1. The molecular formula is C11H6ClN3O2. The Morgan fingerprint density at radius 2 is 2.29 bits per heavy atom. The van der Waals surface area contributed by atoms with E-state index in [4.69, 9.17) is 22.0 Å². The van der Waals surface area contributed by atoms with E-state index in [1.165, 1.54) is 12.1 Å². The number of aromatic nitrogens is 2. The number of nitrogens with zero attached hydrogens (tertiary/aromatic N) is 2. The molecule has 17 heavy (non-hydrogen) atoms. The summed E-state index contributed by atoms with van der Waals surface area (Å²) in [7, 11) is 0. The summed E-state index contributed by atoms with van der Waals surface area (Å²) in [5.41, 5.74) is 1.24. The van der Waals surface area contributed by atoms with Gasteiger partial charge in [0.05, 0.1) is 16.3 Å². The van der Waals surface area contributed by atoms with E-state index >= 15 is 0 Å². The lowest BCUT2D eigenvalue weighted by Crippen LogP contribution is -1.98. The fraction of sp³-hybridized carbons (Fsp3) is 0. The second-order valence-corrected chi connectivity index (χ2v) is 3.63. The number of H-pyrrole nitrogens is 1. The Bertz CT molecular complexity index is 628. The van der Waals surface area contributed by atoms with Gasteiger partial charge in [-0.05, 0) is 6.07 Å². The molecule has 2 rings (SSSR count). The number of nitrogens with one attached hydrogen (secondary N) is 1. The monoisotopic (exact) mass is 247 g/mol. The Balaban J connectivity index is 2.57. The average molecular weight is 248 g/mol. The second kappa shape index (κ2) is 4.28. The fourth-order valence-electron chi connectivity index (χ4n) is 1.42. The molecule has 84 valence electrons. The van der Waals surface area contributed by atoms with Crippen LogP contribution >= 0.6 is 11.6 Å². The molecule has 0 aliphatic rings. The molecule has 0 saturated carbocycles. The second-order valence-electron chi connectivity index (χ2n) is 3.25. The van der Waals surface area contributed by atoms with Crippen molar-refractivity contribution in [1.82, 2.24) is 10.2 Å². The van der Waals surface area contributed by atoms with Gasteiger partial charge in [-0.15, -0.1) is 0 Å². The van der Waals surface area contributed by atoms with E-state index in [0.29, 0.717) is 11.3 Å². The third-order valence-electron chi connectivity index (χ3n) is 2.21. The van der Waals surface area contributed by atoms with E-state index in [2.05, 4.69) is 10.2 Å². The molecule has 0 aliphatic heterocycles. The minimum Gasteiger partial charge on any atom is -0.478 e. The van der Waals surface area contributed by atoms with E-state index in [1.54, 1.807) is 12.1 Å². The Labute approximate surface area is 101 Å². The first-order chi connectivity index (χ1) is 8.13. The van der Waals surface area contributed by atoms with Crippen molar-refractivity contribution in [3.63, 3.8) is 0 Å². The van der Waals surface area contributed by atoms with Gasteiger partial charge in [0.15, 0.2) is 5.69 Å². The SMILES string of the molecule is N#Cc1cc(-c2cccc(C(=O)O)c2Cl)[nH]n1. The summed E-state index contributed by atoms with van der Waals surface area (Å²) in [4.78, 5) is 10.9. The van der Waals surface area contributed by atoms with Crippen molar-refractivity contribution < 1.29 is 9.90 Å². The van der Waals surface area contributed by atoms with Crippen molar-refractivity contribution in [3.05, 3.63) is 40.5 Å². The predicted molar refractivity (Wildman–Crippen MR) is 60.7 cm³/mol. The number of aromatic amines is 1. The summed E-state index contributed by atoms with van der Waals surface area (Å²) >= 11 is 5.98. The van der Waals surface area contributed by atoms with Crippen LogP contribution in [-0.2, 0) is 0 Å².